The summed E-state index contributed by atoms with van der Waals surface area (Å²) in [7, 11) is 0. The first-order valence-electron chi connectivity index (χ1n) is 7.25. The van der Waals surface area contributed by atoms with Gasteiger partial charge in [-0.2, -0.15) is 0 Å². The second kappa shape index (κ2) is 6.64. The van der Waals surface area contributed by atoms with E-state index in [1.165, 1.54) is 4.90 Å². The van der Waals surface area contributed by atoms with Gasteiger partial charge in [0.25, 0.3) is 0 Å². The number of halogens is 4. The highest BCUT2D eigenvalue weighted by Gasteiger charge is 2.26. The highest BCUT2D eigenvalue weighted by atomic mass is 19.2. The molecule has 0 amide bonds. The smallest absolute Gasteiger partial charge is 0.185 e. The summed E-state index contributed by atoms with van der Waals surface area (Å²) >= 11 is 0. The maximum atomic E-state index is 13.9. The molecule has 0 spiro atoms. The third-order valence-corrected chi connectivity index (χ3v) is 3.93. The SMILES string of the molecule is CCC1CCN(c2c(F)c(F)cc(F)c2F)CC(C)CN1. The van der Waals surface area contributed by atoms with E-state index in [0.717, 1.165) is 6.42 Å². The van der Waals surface area contributed by atoms with Crippen molar-refractivity contribution < 1.29 is 17.6 Å². The second-order valence-electron chi connectivity index (χ2n) is 5.67. The summed E-state index contributed by atoms with van der Waals surface area (Å²) in [6.07, 6.45) is 1.56. The van der Waals surface area contributed by atoms with Crippen LogP contribution in [0.2, 0.25) is 0 Å². The molecule has 1 aliphatic rings. The molecule has 1 aromatic rings. The molecule has 1 N–H and O–H groups in total. The van der Waals surface area contributed by atoms with E-state index in [4.69, 9.17) is 0 Å². The largest absolute Gasteiger partial charge is 0.366 e. The molecule has 2 rings (SSSR count). The molecule has 1 aromatic carbocycles. The fourth-order valence-electron chi connectivity index (χ4n) is 2.70. The average Bonchev–Trinajstić information content (AvgIpc) is 2.43. The lowest BCUT2D eigenvalue weighted by Crippen LogP contribution is -2.44. The Morgan fingerprint density at radius 1 is 1.19 bits per heavy atom. The van der Waals surface area contributed by atoms with Gasteiger partial charge in [0.15, 0.2) is 23.3 Å². The maximum absolute atomic E-state index is 13.9. The third-order valence-electron chi connectivity index (χ3n) is 3.93. The van der Waals surface area contributed by atoms with E-state index in [1.54, 1.807) is 0 Å². The van der Waals surface area contributed by atoms with Gasteiger partial charge in [0.1, 0.15) is 5.69 Å². The van der Waals surface area contributed by atoms with Crippen LogP contribution in [0, 0.1) is 29.2 Å². The van der Waals surface area contributed by atoms with Crippen LogP contribution in [0.25, 0.3) is 0 Å². The van der Waals surface area contributed by atoms with Crippen LogP contribution in [0.4, 0.5) is 23.2 Å². The van der Waals surface area contributed by atoms with Gasteiger partial charge in [-0.15, -0.1) is 0 Å². The maximum Gasteiger partial charge on any atom is 0.185 e. The predicted molar refractivity (Wildman–Crippen MR) is 74.3 cm³/mol. The normalized spacial score (nSPS) is 23.8. The lowest BCUT2D eigenvalue weighted by Gasteiger charge is -2.34. The molecule has 1 saturated heterocycles. The average molecular weight is 304 g/mol. The Morgan fingerprint density at radius 3 is 2.38 bits per heavy atom. The summed E-state index contributed by atoms with van der Waals surface area (Å²) in [4.78, 5) is 1.42. The summed E-state index contributed by atoms with van der Waals surface area (Å²) < 4.78 is 54.6. The van der Waals surface area contributed by atoms with Gasteiger partial charge in [0.2, 0.25) is 0 Å². The minimum Gasteiger partial charge on any atom is -0.366 e. The zero-order valence-electron chi connectivity index (χ0n) is 12.2. The van der Waals surface area contributed by atoms with E-state index in [-0.39, 0.29) is 18.0 Å². The number of nitrogens with zero attached hydrogens (tertiary/aromatic N) is 1. The van der Waals surface area contributed by atoms with Crippen LogP contribution in [-0.4, -0.2) is 25.7 Å². The molecule has 2 nitrogen and oxygen atoms in total. The summed E-state index contributed by atoms with van der Waals surface area (Å²) in [6.45, 7) is 5.36. The summed E-state index contributed by atoms with van der Waals surface area (Å²) in [6, 6.07) is 0.484. The van der Waals surface area contributed by atoms with Crippen LogP contribution in [0.3, 0.4) is 0 Å². The molecule has 0 aromatic heterocycles. The highest BCUT2D eigenvalue weighted by Crippen LogP contribution is 2.29. The van der Waals surface area contributed by atoms with Gasteiger partial charge in [-0.05, 0) is 25.3 Å². The molecule has 21 heavy (non-hydrogen) atoms. The molecule has 2 atom stereocenters. The first-order valence-corrected chi connectivity index (χ1v) is 7.25. The molecule has 0 saturated carbocycles. The topological polar surface area (TPSA) is 15.3 Å². The Hall–Kier alpha value is -1.30. The quantitative estimate of drug-likeness (QED) is 0.665. The van der Waals surface area contributed by atoms with Crippen LogP contribution < -0.4 is 10.2 Å². The number of rotatable bonds is 2. The number of anilines is 1. The van der Waals surface area contributed by atoms with Crippen molar-refractivity contribution in [3.8, 4) is 0 Å². The van der Waals surface area contributed by atoms with Crippen molar-refractivity contribution in [1.82, 2.24) is 5.32 Å². The van der Waals surface area contributed by atoms with Crippen molar-refractivity contribution in [2.24, 2.45) is 5.92 Å². The van der Waals surface area contributed by atoms with Gasteiger partial charge in [0, 0.05) is 25.2 Å². The standard InChI is InChI=1S/C15H20F4N2/c1-3-10-4-5-21(8-9(2)7-20-10)15-13(18)11(16)6-12(17)14(15)19/h6,9-10,20H,3-5,7-8H2,1-2H3. The van der Waals surface area contributed by atoms with E-state index in [1.807, 2.05) is 13.8 Å². The number of benzene rings is 1. The monoisotopic (exact) mass is 304 g/mol. The zero-order valence-corrected chi connectivity index (χ0v) is 12.2. The lowest BCUT2D eigenvalue weighted by atomic mass is 10.0. The molecular weight excluding hydrogens is 284 g/mol. The molecule has 0 bridgehead atoms. The van der Waals surface area contributed by atoms with Crippen molar-refractivity contribution in [2.45, 2.75) is 32.7 Å². The minimum atomic E-state index is -1.36. The lowest BCUT2D eigenvalue weighted by molar-refractivity contribution is 0.379. The summed E-state index contributed by atoms with van der Waals surface area (Å²) in [5.41, 5.74) is -0.587. The number of nitrogens with one attached hydrogen (secondary N) is 1. The summed E-state index contributed by atoms with van der Waals surface area (Å²) in [5.74, 6) is -5.23. The highest BCUT2D eigenvalue weighted by molar-refractivity contribution is 5.50. The molecule has 1 heterocycles. The van der Waals surface area contributed by atoms with Gasteiger partial charge in [-0.1, -0.05) is 13.8 Å². The van der Waals surface area contributed by atoms with Gasteiger partial charge in [-0.3, -0.25) is 0 Å². The van der Waals surface area contributed by atoms with Gasteiger partial charge in [-0.25, -0.2) is 17.6 Å². The van der Waals surface area contributed by atoms with Crippen molar-refractivity contribution in [2.75, 3.05) is 24.5 Å². The van der Waals surface area contributed by atoms with E-state index in [9.17, 15) is 17.6 Å². The predicted octanol–water partition coefficient (Wildman–Crippen LogP) is 3.46. The molecule has 0 radical (unpaired) electrons. The molecule has 118 valence electrons. The Labute approximate surface area is 122 Å². The molecule has 1 aliphatic heterocycles. The Bertz CT molecular complexity index is 481. The molecule has 6 heteroatoms. The Morgan fingerprint density at radius 2 is 1.81 bits per heavy atom. The summed E-state index contributed by atoms with van der Waals surface area (Å²) in [5, 5.41) is 3.38. The Kier molecular flexibility index (Phi) is 5.08. The van der Waals surface area contributed by atoms with E-state index in [2.05, 4.69) is 5.32 Å². The molecule has 2 unspecified atom stereocenters. The van der Waals surface area contributed by atoms with Crippen molar-refractivity contribution >= 4 is 5.69 Å². The number of hydrogen-bond acceptors (Lipinski definition) is 2. The molecule has 1 fully saturated rings. The van der Waals surface area contributed by atoms with Crippen LogP contribution in [0.1, 0.15) is 26.7 Å². The van der Waals surface area contributed by atoms with E-state index < -0.39 is 29.0 Å². The van der Waals surface area contributed by atoms with Crippen LogP contribution in [0.15, 0.2) is 6.07 Å². The fourth-order valence-corrected chi connectivity index (χ4v) is 2.70. The zero-order chi connectivity index (χ0) is 15.6. The van der Waals surface area contributed by atoms with E-state index in [0.29, 0.717) is 26.1 Å². The van der Waals surface area contributed by atoms with E-state index >= 15 is 0 Å². The van der Waals surface area contributed by atoms with Crippen molar-refractivity contribution in [3.05, 3.63) is 29.3 Å². The molecule has 0 aliphatic carbocycles. The van der Waals surface area contributed by atoms with Gasteiger partial charge >= 0.3 is 0 Å². The Balaban J connectivity index is 2.34. The van der Waals surface area contributed by atoms with Crippen molar-refractivity contribution in [3.63, 3.8) is 0 Å². The first-order chi connectivity index (χ1) is 9.93. The second-order valence-corrected chi connectivity index (χ2v) is 5.67. The van der Waals surface area contributed by atoms with Crippen LogP contribution in [-0.2, 0) is 0 Å². The van der Waals surface area contributed by atoms with Crippen molar-refractivity contribution in [1.29, 1.82) is 0 Å². The van der Waals surface area contributed by atoms with Gasteiger partial charge < -0.3 is 10.2 Å². The molecular formula is C15H20F4N2. The number of hydrogen-bond donors (Lipinski definition) is 1. The van der Waals surface area contributed by atoms with Gasteiger partial charge in [0.05, 0.1) is 0 Å². The van der Waals surface area contributed by atoms with Crippen LogP contribution in [0.5, 0.6) is 0 Å². The minimum absolute atomic E-state index is 0.115. The third kappa shape index (κ3) is 3.48. The first kappa shape index (κ1) is 16.1. The van der Waals surface area contributed by atoms with Crippen LogP contribution >= 0.6 is 0 Å². The fraction of sp³-hybridized carbons (Fsp3) is 0.600.